The van der Waals surface area contributed by atoms with Crippen molar-refractivity contribution < 1.29 is 0 Å². The van der Waals surface area contributed by atoms with Gasteiger partial charge in [-0.2, -0.15) is 14.9 Å². The van der Waals surface area contributed by atoms with Crippen LogP contribution < -0.4 is 0 Å². The van der Waals surface area contributed by atoms with Crippen molar-refractivity contribution in [2.24, 2.45) is 5.10 Å². The van der Waals surface area contributed by atoms with Crippen LogP contribution in [0.1, 0.15) is 29.6 Å². The minimum absolute atomic E-state index is 0.781. The molecule has 1 aliphatic rings. The lowest BCUT2D eigenvalue weighted by Gasteiger charge is -2.16. The summed E-state index contributed by atoms with van der Waals surface area (Å²) in [7, 11) is 0. The second-order valence-corrected chi connectivity index (χ2v) is 6.78. The quantitative estimate of drug-likeness (QED) is 0.725. The van der Waals surface area contributed by atoms with Crippen molar-refractivity contribution in [2.45, 2.75) is 32.5 Å². The predicted molar refractivity (Wildman–Crippen MR) is 99.6 cm³/mol. The van der Waals surface area contributed by atoms with Gasteiger partial charge in [-0.3, -0.25) is 4.68 Å². The molecule has 0 spiro atoms. The molecule has 0 amide bonds. The predicted octanol–water partition coefficient (Wildman–Crippen LogP) is 3.51. The first-order valence-corrected chi connectivity index (χ1v) is 8.97. The molecular weight excluding hydrogens is 332 g/mol. The lowest BCUT2D eigenvalue weighted by molar-refractivity contribution is 0.639. The van der Waals surface area contributed by atoms with Gasteiger partial charge >= 0.3 is 0 Å². The van der Waals surface area contributed by atoms with E-state index in [0.29, 0.717) is 0 Å². The number of aromatic nitrogens is 5. The van der Waals surface area contributed by atoms with E-state index in [-0.39, 0.29) is 0 Å². The molecule has 0 unspecified atom stereocenters. The molecule has 25 heavy (non-hydrogen) atoms. The molecule has 0 radical (unpaired) electrons. The summed E-state index contributed by atoms with van der Waals surface area (Å²) >= 11 is 1.58. The van der Waals surface area contributed by atoms with E-state index in [1.54, 1.807) is 16.4 Å². The Labute approximate surface area is 150 Å². The van der Waals surface area contributed by atoms with Crippen LogP contribution in [0.5, 0.6) is 0 Å². The Morgan fingerprint density at radius 3 is 2.64 bits per heavy atom. The SMILES string of the molecule is CCn1ncc(/C=C2/Sc3nnc(C)n3N=C2c2ccccc2)c1C. The van der Waals surface area contributed by atoms with Crippen molar-refractivity contribution in [1.82, 2.24) is 24.7 Å². The highest BCUT2D eigenvalue weighted by atomic mass is 32.2. The maximum atomic E-state index is 4.80. The van der Waals surface area contributed by atoms with Gasteiger partial charge in [-0.25, -0.2) is 0 Å². The fourth-order valence-corrected chi connectivity index (χ4v) is 3.75. The summed E-state index contributed by atoms with van der Waals surface area (Å²) in [5.74, 6) is 0.782. The third kappa shape index (κ3) is 2.80. The molecule has 4 rings (SSSR count). The monoisotopic (exact) mass is 350 g/mol. The fourth-order valence-electron chi connectivity index (χ4n) is 2.77. The average Bonchev–Trinajstić information content (AvgIpc) is 3.18. The average molecular weight is 350 g/mol. The van der Waals surface area contributed by atoms with E-state index in [9.17, 15) is 0 Å². The van der Waals surface area contributed by atoms with Crippen LogP contribution in [0.4, 0.5) is 0 Å². The Balaban J connectivity index is 1.86. The van der Waals surface area contributed by atoms with Gasteiger partial charge in [-0.1, -0.05) is 30.3 Å². The highest BCUT2D eigenvalue weighted by Gasteiger charge is 2.23. The molecule has 0 bridgehead atoms. The first-order valence-electron chi connectivity index (χ1n) is 8.16. The first-order chi connectivity index (χ1) is 12.2. The second kappa shape index (κ2) is 6.33. The van der Waals surface area contributed by atoms with E-state index in [4.69, 9.17) is 5.10 Å². The maximum Gasteiger partial charge on any atom is 0.216 e. The van der Waals surface area contributed by atoms with E-state index >= 15 is 0 Å². The Morgan fingerprint density at radius 1 is 1.12 bits per heavy atom. The summed E-state index contributed by atoms with van der Waals surface area (Å²) in [4.78, 5) is 1.05. The van der Waals surface area contributed by atoms with E-state index in [1.807, 2.05) is 36.0 Å². The molecule has 2 aromatic heterocycles. The van der Waals surface area contributed by atoms with Crippen molar-refractivity contribution in [1.29, 1.82) is 0 Å². The normalized spacial score (nSPS) is 15.3. The molecule has 1 aromatic carbocycles. The molecule has 0 saturated heterocycles. The number of allylic oxidation sites excluding steroid dienone is 1. The number of benzene rings is 1. The molecule has 3 aromatic rings. The fraction of sp³-hybridized carbons (Fsp3) is 0.222. The number of fused-ring (bicyclic) bond motifs is 1. The molecular formula is C18H18N6S. The number of hydrogen-bond acceptors (Lipinski definition) is 5. The van der Waals surface area contributed by atoms with Crippen molar-refractivity contribution in [2.75, 3.05) is 0 Å². The van der Waals surface area contributed by atoms with Gasteiger partial charge in [-0.15, -0.1) is 10.2 Å². The standard InChI is InChI=1S/C18H18N6S/c1-4-23-12(2)15(11-19-23)10-16-17(14-8-6-5-7-9-14)22-24-13(3)20-21-18(24)25-16/h5-11H,4H2,1-3H3/b16-10+. The van der Waals surface area contributed by atoms with Crippen LogP contribution in [-0.4, -0.2) is 30.4 Å². The summed E-state index contributed by atoms with van der Waals surface area (Å²) in [5.41, 5.74) is 4.23. The summed E-state index contributed by atoms with van der Waals surface area (Å²) in [6.45, 7) is 6.94. The minimum atomic E-state index is 0.781. The molecule has 6 nitrogen and oxygen atoms in total. The van der Waals surface area contributed by atoms with Crippen LogP contribution >= 0.6 is 11.8 Å². The van der Waals surface area contributed by atoms with Crippen LogP contribution in [0.25, 0.3) is 6.08 Å². The Bertz CT molecular complexity index is 980. The van der Waals surface area contributed by atoms with Crippen LogP contribution in [0.2, 0.25) is 0 Å². The number of rotatable bonds is 3. The highest BCUT2D eigenvalue weighted by molar-refractivity contribution is 8.04. The maximum absolute atomic E-state index is 4.80. The second-order valence-electron chi connectivity index (χ2n) is 5.77. The number of hydrogen-bond donors (Lipinski definition) is 0. The third-order valence-electron chi connectivity index (χ3n) is 4.18. The molecule has 0 fully saturated rings. The van der Waals surface area contributed by atoms with Crippen LogP contribution in [0, 0.1) is 13.8 Å². The van der Waals surface area contributed by atoms with Crippen molar-refractivity contribution in [3.8, 4) is 0 Å². The van der Waals surface area contributed by atoms with Gasteiger partial charge in [0.2, 0.25) is 5.16 Å². The molecule has 0 aliphatic carbocycles. The van der Waals surface area contributed by atoms with Gasteiger partial charge in [0.15, 0.2) is 5.82 Å². The first kappa shape index (κ1) is 15.8. The van der Waals surface area contributed by atoms with Crippen LogP contribution in [-0.2, 0) is 6.54 Å². The largest absolute Gasteiger partial charge is 0.270 e. The van der Waals surface area contributed by atoms with Gasteiger partial charge in [0.1, 0.15) is 5.71 Å². The van der Waals surface area contributed by atoms with Gasteiger partial charge in [0, 0.05) is 28.3 Å². The highest BCUT2D eigenvalue weighted by Crippen LogP contribution is 2.35. The van der Waals surface area contributed by atoms with Gasteiger partial charge < -0.3 is 0 Å². The summed E-state index contributed by atoms with van der Waals surface area (Å²) in [6, 6.07) is 10.2. The molecule has 126 valence electrons. The molecule has 0 saturated carbocycles. The molecule has 7 heteroatoms. The lowest BCUT2D eigenvalue weighted by atomic mass is 10.1. The van der Waals surface area contributed by atoms with Gasteiger partial charge in [0.25, 0.3) is 0 Å². The van der Waals surface area contributed by atoms with Crippen molar-refractivity contribution in [3.63, 3.8) is 0 Å². The zero-order valence-corrected chi connectivity index (χ0v) is 15.2. The molecule has 1 aliphatic heterocycles. The topological polar surface area (TPSA) is 60.9 Å². The molecule has 3 heterocycles. The third-order valence-corrected chi connectivity index (χ3v) is 5.15. The zero-order chi connectivity index (χ0) is 17.4. The zero-order valence-electron chi connectivity index (χ0n) is 14.3. The Kier molecular flexibility index (Phi) is 4.01. The molecule has 0 atom stereocenters. The summed E-state index contributed by atoms with van der Waals surface area (Å²) in [5, 5.41) is 18.4. The molecule has 0 N–H and O–H groups in total. The van der Waals surface area contributed by atoms with E-state index in [1.165, 1.54) is 0 Å². The van der Waals surface area contributed by atoms with Crippen molar-refractivity contribution in [3.05, 3.63) is 64.1 Å². The van der Waals surface area contributed by atoms with E-state index < -0.39 is 0 Å². The van der Waals surface area contributed by atoms with E-state index in [0.717, 1.165) is 45.0 Å². The summed E-state index contributed by atoms with van der Waals surface area (Å²) in [6.07, 6.45) is 4.04. The Morgan fingerprint density at radius 2 is 1.92 bits per heavy atom. The van der Waals surface area contributed by atoms with Crippen molar-refractivity contribution >= 4 is 23.5 Å². The van der Waals surface area contributed by atoms with Crippen LogP contribution in [0.3, 0.4) is 0 Å². The van der Waals surface area contributed by atoms with Gasteiger partial charge in [-0.05, 0) is 38.6 Å². The number of thioether (sulfide) groups is 1. The number of aryl methyl sites for hydroxylation is 2. The number of nitrogens with zero attached hydrogens (tertiary/aromatic N) is 6. The van der Waals surface area contributed by atoms with E-state index in [2.05, 4.69) is 47.4 Å². The summed E-state index contributed by atoms with van der Waals surface area (Å²) < 4.78 is 3.79. The lowest BCUT2D eigenvalue weighted by Crippen LogP contribution is -2.12. The minimum Gasteiger partial charge on any atom is -0.270 e. The smallest absolute Gasteiger partial charge is 0.216 e. The Hall–Kier alpha value is -2.67. The van der Waals surface area contributed by atoms with Gasteiger partial charge in [0.05, 0.1) is 6.20 Å². The van der Waals surface area contributed by atoms with Crippen LogP contribution in [0.15, 0.2) is 51.7 Å².